The summed E-state index contributed by atoms with van der Waals surface area (Å²) in [6, 6.07) is -0.229. The standard InChI is InChI=1S/C5H10N2O3/c6-3-1-9-2-4(3)10-5(7)8/h3-4H,1-2,6H2,(H2,7,8)/t3-,4+/m0/s1. The van der Waals surface area contributed by atoms with Gasteiger partial charge in [0.15, 0.2) is 0 Å². The van der Waals surface area contributed by atoms with Gasteiger partial charge in [0, 0.05) is 0 Å². The molecule has 1 aliphatic heterocycles. The number of hydrogen-bond donors (Lipinski definition) is 2. The summed E-state index contributed by atoms with van der Waals surface area (Å²) in [5, 5.41) is 0. The Labute approximate surface area is 58.3 Å². The molecule has 2 atom stereocenters. The third-order valence-corrected chi connectivity index (χ3v) is 1.34. The SMILES string of the molecule is NC(=O)O[C@@H]1COC[C@@H]1N. The van der Waals surface area contributed by atoms with Gasteiger partial charge in [-0.3, -0.25) is 0 Å². The van der Waals surface area contributed by atoms with E-state index in [4.69, 9.17) is 16.2 Å². The van der Waals surface area contributed by atoms with Crippen molar-refractivity contribution in [3.8, 4) is 0 Å². The van der Waals surface area contributed by atoms with Gasteiger partial charge in [-0.1, -0.05) is 0 Å². The first-order valence-corrected chi connectivity index (χ1v) is 2.99. The molecule has 0 aromatic carbocycles. The van der Waals surface area contributed by atoms with Gasteiger partial charge in [-0.15, -0.1) is 0 Å². The van der Waals surface area contributed by atoms with Gasteiger partial charge in [-0.25, -0.2) is 4.79 Å². The van der Waals surface area contributed by atoms with Crippen LogP contribution in [0.15, 0.2) is 0 Å². The molecule has 10 heavy (non-hydrogen) atoms. The molecular weight excluding hydrogens is 136 g/mol. The zero-order valence-electron chi connectivity index (χ0n) is 5.45. The van der Waals surface area contributed by atoms with Gasteiger partial charge >= 0.3 is 6.09 Å². The highest BCUT2D eigenvalue weighted by atomic mass is 16.6. The summed E-state index contributed by atoms with van der Waals surface area (Å²) in [5.41, 5.74) is 10.2. The van der Waals surface area contributed by atoms with Gasteiger partial charge in [0.25, 0.3) is 0 Å². The molecule has 1 rings (SSSR count). The van der Waals surface area contributed by atoms with Crippen molar-refractivity contribution in [3.05, 3.63) is 0 Å². The van der Waals surface area contributed by atoms with Crippen LogP contribution in [-0.4, -0.2) is 31.5 Å². The Morgan fingerprint density at radius 3 is 2.70 bits per heavy atom. The molecule has 0 aromatic rings. The van der Waals surface area contributed by atoms with Crippen LogP contribution in [-0.2, 0) is 9.47 Å². The molecule has 5 nitrogen and oxygen atoms in total. The molecule has 0 spiro atoms. The summed E-state index contributed by atoms with van der Waals surface area (Å²) < 4.78 is 9.52. The normalized spacial score (nSPS) is 32.1. The highest BCUT2D eigenvalue weighted by molar-refractivity contribution is 5.64. The molecule has 4 N–H and O–H groups in total. The van der Waals surface area contributed by atoms with Gasteiger partial charge < -0.3 is 20.9 Å². The largest absolute Gasteiger partial charge is 0.442 e. The van der Waals surface area contributed by atoms with E-state index in [9.17, 15) is 4.79 Å². The summed E-state index contributed by atoms with van der Waals surface area (Å²) in [7, 11) is 0. The van der Waals surface area contributed by atoms with E-state index in [1.54, 1.807) is 0 Å². The van der Waals surface area contributed by atoms with Gasteiger partial charge in [0.2, 0.25) is 0 Å². The zero-order chi connectivity index (χ0) is 7.56. The molecule has 1 fully saturated rings. The molecule has 5 heteroatoms. The van der Waals surface area contributed by atoms with Crippen LogP contribution < -0.4 is 11.5 Å². The van der Waals surface area contributed by atoms with Crippen LogP contribution in [0.25, 0.3) is 0 Å². The fraction of sp³-hybridized carbons (Fsp3) is 0.800. The molecule has 58 valence electrons. The van der Waals surface area contributed by atoms with E-state index in [1.807, 2.05) is 0 Å². The molecule has 1 amide bonds. The maximum Gasteiger partial charge on any atom is 0.404 e. The van der Waals surface area contributed by atoms with Crippen molar-refractivity contribution in [2.45, 2.75) is 12.1 Å². The Hall–Kier alpha value is -0.810. The van der Waals surface area contributed by atoms with Gasteiger partial charge in [0.1, 0.15) is 6.10 Å². The van der Waals surface area contributed by atoms with Crippen molar-refractivity contribution in [1.82, 2.24) is 0 Å². The van der Waals surface area contributed by atoms with E-state index in [2.05, 4.69) is 4.74 Å². The number of rotatable bonds is 1. The van der Waals surface area contributed by atoms with Crippen molar-refractivity contribution in [2.75, 3.05) is 13.2 Å². The van der Waals surface area contributed by atoms with E-state index in [0.29, 0.717) is 13.2 Å². The maximum absolute atomic E-state index is 10.2. The summed E-state index contributed by atoms with van der Waals surface area (Å²) >= 11 is 0. The number of amides is 1. The molecule has 0 bridgehead atoms. The van der Waals surface area contributed by atoms with E-state index in [1.165, 1.54) is 0 Å². The van der Waals surface area contributed by atoms with E-state index in [-0.39, 0.29) is 12.1 Å². The van der Waals surface area contributed by atoms with E-state index < -0.39 is 6.09 Å². The number of carbonyl (C=O) groups excluding carboxylic acids is 1. The first-order chi connectivity index (χ1) is 4.70. The number of primary amides is 1. The molecule has 0 saturated carbocycles. The average Bonchev–Trinajstić information content (AvgIpc) is 2.15. The second kappa shape index (κ2) is 2.85. The van der Waals surface area contributed by atoms with Crippen LogP contribution in [0.1, 0.15) is 0 Å². The van der Waals surface area contributed by atoms with Crippen molar-refractivity contribution in [2.24, 2.45) is 11.5 Å². The fourth-order valence-corrected chi connectivity index (χ4v) is 0.822. The molecule has 0 aliphatic carbocycles. The molecule has 0 radical (unpaired) electrons. The van der Waals surface area contributed by atoms with Crippen LogP contribution in [0.2, 0.25) is 0 Å². The quantitative estimate of drug-likeness (QED) is 0.486. The third-order valence-electron chi connectivity index (χ3n) is 1.34. The summed E-state index contributed by atoms with van der Waals surface area (Å²) in [4.78, 5) is 10.2. The zero-order valence-corrected chi connectivity index (χ0v) is 5.45. The van der Waals surface area contributed by atoms with Crippen molar-refractivity contribution < 1.29 is 14.3 Å². The molecule has 0 unspecified atom stereocenters. The Morgan fingerprint density at radius 2 is 2.30 bits per heavy atom. The second-order valence-corrected chi connectivity index (χ2v) is 2.18. The smallest absolute Gasteiger partial charge is 0.404 e. The molecular formula is C5H10N2O3. The number of ether oxygens (including phenoxy) is 2. The first kappa shape index (κ1) is 7.30. The predicted octanol–water partition coefficient (Wildman–Crippen LogP) is -1.19. The highest BCUT2D eigenvalue weighted by Gasteiger charge is 2.27. The molecule has 1 saturated heterocycles. The van der Waals surface area contributed by atoms with Crippen molar-refractivity contribution >= 4 is 6.09 Å². The Balaban J connectivity index is 2.33. The van der Waals surface area contributed by atoms with E-state index >= 15 is 0 Å². The molecule has 0 aromatic heterocycles. The van der Waals surface area contributed by atoms with Gasteiger partial charge in [0.05, 0.1) is 19.3 Å². The van der Waals surface area contributed by atoms with Crippen LogP contribution >= 0.6 is 0 Å². The van der Waals surface area contributed by atoms with Crippen LogP contribution in [0.4, 0.5) is 4.79 Å². The lowest BCUT2D eigenvalue weighted by Crippen LogP contribution is -2.37. The summed E-state index contributed by atoms with van der Waals surface area (Å²) in [6.07, 6.45) is -1.16. The highest BCUT2D eigenvalue weighted by Crippen LogP contribution is 2.06. The Kier molecular flexibility index (Phi) is 2.08. The van der Waals surface area contributed by atoms with E-state index in [0.717, 1.165) is 0 Å². The maximum atomic E-state index is 10.2. The average molecular weight is 146 g/mol. The Morgan fingerprint density at radius 1 is 1.60 bits per heavy atom. The lowest BCUT2D eigenvalue weighted by atomic mass is 10.2. The second-order valence-electron chi connectivity index (χ2n) is 2.18. The third kappa shape index (κ3) is 1.58. The van der Waals surface area contributed by atoms with Gasteiger partial charge in [-0.2, -0.15) is 0 Å². The minimum absolute atomic E-state index is 0.229. The fourth-order valence-electron chi connectivity index (χ4n) is 0.822. The predicted molar refractivity (Wildman–Crippen MR) is 33.3 cm³/mol. The van der Waals surface area contributed by atoms with Crippen molar-refractivity contribution in [1.29, 1.82) is 0 Å². The lowest BCUT2D eigenvalue weighted by Gasteiger charge is -2.11. The van der Waals surface area contributed by atoms with Crippen LogP contribution in [0, 0.1) is 0 Å². The van der Waals surface area contributed by atoms with Crippen molar-refractivity contribution in [3.63, 3.8) is 0 Å². The minimum Gasteiger partial charge on any atom is -0.442 e. The topological polar surface area (TPSA) is 87.6 Å². The van der Waals surface area contributed by atoms with Crippen LogP contribution in [0.5, 0.6) is 0 Å². The minimum atomic E-state index is -0.800. The number of carbonyl (C=O) groups is 1. The monoisotopic (exact) mass is 146 g/mol. The Bertz CT molecular complexity index is 139. The first-order valence-electron chi connectivity index (χ1n) is 2.99. The molecule has 1 heterocycles. The number of hydrogen-bond acceptors (Lipinski definition) is 4. The summed E-state index contributed by atoms with van der Waals surface area (Å²) in [5.74, 6) is 0. The molecule has 1 aliphatic rings. The lowest BCUT2D eigenvalue weighted by molar-refractivity contribution is 0.0867. The summed E-state index contributed by atoms with van der Waals surface area (Å²) in [6.45, 7) is 0.780. The number of nitrogens with two attached hydrogens (primary N) is 2. The van der Waals surface area contributed by atoms with Crippen LogP contribution in [0.3, 0.4) is 0 Å². The van der Waals surface area contributed by atoms with Gasteiger partial charge in [-0.05, 0) is 0 Å².